The number of hydrogen-bond acceptors (Lipinski definition) is 5. The van der Waals surface area contributed by atoms with Crippen molar-refractivity contribution in [3.63, 3.8) is 0 Å². The fraction of sp³-hybridized carbons (Fsp3) is 0.444. The highest BCUT2D eigenvalue weighted by molar-refractivity contribution is 5.78. The van der Waals surface area contributed by atoms with E-state index in [4.69, 9.17) is 5.73 Å². The molecule has 1 fully saturated rings. The fourth-order valence-electron chi connectivity index (χ4n) is 3.20. The standard InChI is InChI=1S/C18H23N5O/c1-2-12-11-16(22-14-8-4-3-7-13(14)17(19)24)23-18(21-12)15-9-5-6-10-20-15/h5-6,9-11,13-14H,2-4,7-8H2,1H3,(H2,19,24)(H,21,22,23). The highest BCUT2D eigenvalue weighted by Crippen LogP contribution is 2.27. The lowest BCUT2D eigenvalue weighted by Crippen LogP contribution is -2.40. The van der Waals surface area contributed by atoms with Gasteiger partial charge in [0.2, 0.25) is 5.91 Å². The molecule has 1 aliphatic carbocycles. The molecule has 6 nitrogen and oxygen atoms in total. The fourth-order valence-corrected chi connectivity index (χ4v) is 3.20. The third-order valence-electron chi connectivity index (χ3n) is 4.50. The molecule has 0 bridgehead atoms. The van der Waals surface area contributed by atoms with Gasteiger partial charge in [-0.3, -0.25) is 9.78 Å². The van der Waals surface area contributed by atoms with Gasteiger partial charge >= 0.3 is 0 Å². The highest BCUT2D eigenvalue weighted by Gasteiger charge is 2.29. The summed E-state index contributed by atoms with van der Waals surface area (Å²) in [4.78, 5) is 25.2. The van der Waals surface area contributed by atoms with Gasteiger partial charge in [-0.25, -0.2) is 9.97 Å². The molecule has 1 saturated carbocycles. The van der Waals surface area contributed by atoms with Gasteiger partial charge in [-0.2, -0.15) is 0 Å². The van der Waals surface area contributed by atoms with Gasteiger partial charge in [-0.05, 0) is 31.4 Å². The first-order chi connectivity index (χ1) is 11.7. The van der Waals surface area contributed by atoms with Crippen molar-refractivity contribution in [2.24, 2.45) is 11.7 Å². The summed E-state index contributed by atoms with van der Waals surface area (Å²) < 4.78 is 0. The van der Waals surface area contributed by atoms with Crippen LogP contribution in [0.5, 0.6) is 0 Å². The van der Waals surface area contributed by atoms with E-state index in [0.29, 0.717) is 5.82 Å². The summed E-state index contributed by atoms with van der Waals surface area (Å²) >= 11 is 0. The number of amides is 1. The van der Waals surface area contributed by atoms with Crippen molar-refractivity contribution in [2.75, 3.05) is 5.32 Å². The zero-order valence-electron chi connectivity index (χ0n) is 13.9. The first-order valence-corrected chi connectivity index (χ1v) is 8.52. The van der Waals surface area contributed by atoms with E-state index >= 15 is 0 Å². The van der Waals surface area contributed by atoms with Crippen LogP contribution in [0.15, 0.2) is 30.5 Å². The first kappa shape index (κ1) is 16.4. The number of anilines is 1. The van der Waals surface area contributed by atoms with Crippen LogP contribution in [0.3, 0.4) is 0 Å². The van der Waals surface area contributed by atoms with E-state index in [-0.39, 0.29) is 17.9 Å². The van der Waals surface area contributed by atoms with Gasteiger partial charge in [0.05, 0.1) is 5.92 Å². The molecular weight excluding hydrogens is 302 g/mol. The van der Waals surface area contributed by atoms with Gasteiger partial charge in [0, 0.05) is 24.0 Å². The lowest BCUT2D eigenvalue weighted by molar-refractivity contribution is -0.122. The van der Waals surface area contributed by atoms with Gasteiger partial charge in [-0.1, -0.05) is 25.8 Å². The maximum absolute atomic E-state index is 11.7. The van der Waals surface area contributed by atoms with Crippen LogP contribution in [0, 0.1) is 5.92 Å². The number of aromatic nitrogens is 3. The summed E-state index contributed by atoms with van der Waals surface area (Å²) in [6, 6.07) is 7.66. The van der Waals surface area contributed by atoms with E-state index in [9.17, 15) is 4.79 Å². The second-order valence-electron chi connectivity index (χ2n) is 6.18. The summed E-state index contributed by atoms with van der Waals surface area (Å²) in [5.74, 6) is 0.962. The minimum absolute atomic E-state index is 0.0347. The second kappa shape index (κ2) is 7.38. The van der Waals surface area contributed by atoms with Crippen LogP contribution in [-0.2, 0) is 11.2 Å². The normalized spacial score (nSPS) is 20.5. The molecule has 1 amide bonds. The topological polar surface area (TPSA) is 93.8 Å². The van der Waals surface area contributed by atoms with E-state index in [2.05, 4.69) is 27.2 Å². The number of hydrogen-bond donors (Lipinski definition) is 2. The largest absolute Gasteiger partial charge is 0.369 e. The average Bonchev–Trinajstić information content (AvgIpc) is 2.62. The van der Waals surface area contributed by atoms with Crippen molar-refractivity contribution in [1.29, 1.82) is 0 Å². The van der Waals surface area contributed by atoms with Crippen molar-refractivity contribution in [1.82, 2.24) is 15.0 Å². The molecule has 0 aromatic carbocycles. The number of pyridine rings is 1. The van der Waals surface area contributed by atoms with E-state index in [0.717, 1.165) is 49.3 Å². The summed E-state index contributed by atoms with van der Waals surface area (Å²) in [6.07, 6.45) is 6.45. The molecule has 6 heteroatoms. The van der Waals surface area contributed by atoms with Gasteiger partial charge in [0.25, 0.3) is 0 Å². The number of aryl methyl sites for hydroxylation is 1. The summed E-state index contributed by atoms with van der Waals surface area (Å²) in [6.45, 7) is 2.06. The number of carbonyl (C=O) groups excluding carboxylic acids is 1. The van der Waals surface area contributed by atoms with Gasteiger partial charge in [0.1, 0.15) is 11.5 Å². The lowest BCUT2D eigenvalue weighted by atomic mass is 9.84. The van der Waals surface area contributed by atoms with Crippen LogP contribution in [0.25, 0.3) is 11.5 Å². The Bertz CT molecular complexity index is 704. The van der Waals surface area contributed by atoms with Crippen molar-refractivity contribution < 1.29 is 4.79 Å². The Hall–Kier alpha value is -2.50. The van der Waals surface area contributed by atoms with Crippen LogP contribution in [0.2, 0.25) is 0 Å². The Kier molecular flexibility index (Phi) is 5.03. The summed E-state index contributed by atoms with van der Waals surface area (Å²) in [5.41, 5.74) is 7.25. The predicted octanol–water partition coefficient (Wildman–Crippen LogP) is 2.56. The van der Waals surface area contributed by atoms with E-state index in [1.807, 2.05) is 24.3 Å². The molecule has 2 aromatic rings. The second-order valence-corrected chi connectivity index (χ2v) is 6.18. The van der Waals surface area contributed by atoms with Crippen LogP contribution in [0.1, 0.15) is 38.3 Å². The maximum Gasteiger partial charge on any atom is 0.222 e. The summed E-state index contributed by atoms with van der Waals surface area (Å²) in [5, 5.41) is 3.42. The number of primary amides is 1. The molecule has 2 aromatic heterocycles. The van der Waals surface area contributed by atoms with Gasteiger partial charge < -0.3 is 11.1 Å². The van der Waals surface area contributed by atoms with Crippen molar-refractivity contribution >= 4 is 11.7 Å². The molecule has 24 heavy (non-hydrogen) atoms. The zero-order chi connectivity index (χ0) is 16.9. The minimum atomic E-state index is -0.234. The van der Waals surface area contributed by atoms with Gasteiger partial charge in [-0.15, -0.1) is 0 Å². The van der Waals surface area contributed by atoms with Gasteiger partial charge in [0.15, 0.2) is 5.82 Å². The van der Waals surface area contributed by atoms with Crippen molar-refractivity contribution in [2.45, 2.75) is 45.1 Å². The van der Waals surface area contributed by atoms with Crippen LogP contribution < -0.4 is 11.1 Å². The number of nitrogens with zero attached hydrogens (tertiary/aromatic N) is 3. The molecule has 2 atom stereocenters. The number of carbonyl (C=O) groups is 1. The van der Waals surface area contributed by atoms with E-state index in [1.54, 1.807) is 6.20 Å². The Morgan fingerprint density at radius 3 is 2.83 bits per heavy atom. The Balaban J connectivity index is 1.88. The van der Waals surface area contributed by atoms with Crippen LogP contribution in [-0.4, -0.2) is 26.9 Å². The molecule has 0 aliphatic heterocycles. The Morgan fingerprint density at radius 1 is 1.29 bits per heavy atom. The van der Waals surface area contributed by atoms with E-state index in [1.165, 1.54) is 0 Å². The third kappa shape index (κ3) is 3.69. The average molecular weight is 325 g/mol. The molecule has 3 rings (SSSR count). The molecule has 1 aliphatic rings. The lowest BCUT2D eigenvalue weighted by Gasteiger charge is -2.30. The van der Waals surface area contributed by atoms with E-state index < -0.39 is 0 Å². The number of nitrogens with two attached hydrogens (primary N) is 1. The molecule has 2 unspecified atom stereocenters. The van der Waals surface area contributed by atoms with Crippen LogP contribution in [0.4, 0.5) is 5.82 Å². The molecule has 2 heterocycles. The monoisotopic (exact) mass is 325 g/mol. The molecule has 3 N–H and O–H groups in total. The summed E-state index contributed by atoms with van der Waals surface area (Å²) in [7, 11) is 0. The smallest absolute Gasteiger partial charge is 0.222 e. The first-order valence-electron chi connectivity index (χ1n) is 8.52. The molecule has 0 radical (unpaired) electrons. The van der Waals surface area contributed by atoms with Crippen LogP contribution >= 0.6 is 0 Å². The zero-order valence-corrected chi connectivity index (χ0v) is 13.9. The highest BCUT2D eigenvalue weighted by atomic mass is 16.1. The molecule has 0 spiro atoms. The van der Waals surface area contributed by atoms with Crippen molar-refractivity contribution in [3.8, 4) is 11.5 Å². The quantitative estimate of drug-likeness (QED) is 0.881. The third-order valence-corrected chi connectivity index (χ3v) is 4.50. The maximum atomic E-state index is 11.7. The minimum Gasteiger partial charge on any atom is -0.369 e. The molecule has 126 valence electrons. The SMILES string of the molecule is CCc1cc(NC2CCCCC2C(N)=O)nc(-c2ccccn2)n1. The number of nitrogens with one attached hydrogen (secondary N) is 1. The number of rotatable bonds is 5. The Morgan fingerprint density at radius 2 is 2.12 bits per heavy atom. The Labute approximate surface area is 141 Å². The predicted molar refractivity (Wildman–Crippen MR) is 93.2 cm³/mol. The molecule has 0 saturated heterocycles. The van der Waals surface area contributed by atoms with Crippen molar-refractivity contribution in [3.05, 3.63) is 36.2 Å². The molecular formula is C18H23N5O.